The second kappa shape index (κ2) is 6.13. The van der Waals surface area contributed by atoms with Crippen molar-refractivity contribution in [3.05, 3.63) is 0 Å². The Kier molecular flexibility index (Phi) is 4.41. The summed E-state index contributed by atoms with van der Waals surface area (Å²) >= 11 is 0. The van der Waals surface area contributed by atoms with E-state index in [1.54, 1.807) is 0 Å². The first-order valence-corrected chi connectivity index (χ1v) is 8.47. The molecule has 1 atom stereocenters. The molecule has 0 saturated carbocycles. The second-order valence-corrected chi connectivity index (χ2v) is 7.00. The van der Waals surface area contributed by atoms with Crippen LogP contribution in [0.15, 0.2) is 0 Å². The number of piperidine rings is 1. The molecule has 5 nitrogen and oxygen atoms in total. The molecule has 5 heteroatoms. The molecular formula is C16H29N3O2. The number of hydrogen-bond acceptors (Lipinski definition) is 3. The number of nitrogens with zero attached hydrogens (tertiary/aromatic N) is 3. The first-order valence-electron chi connectivity index (χ1n) is 8.47. The molecule has 0 aromatic rings. The average Bonchev–Trinajstić information content (AvgIpc) is 2.97. The van der Waals surface area contributed by atoms with E-state index in [1.165, 1.54) is 25.7 Å². The van der Waals surface area contributed by atoms with Crippen LogP contribution in [-0.4, -0.2) is 79.3 Å². The van der Waals surface area contributed by atoms with Gasteiger partial charge in [0.2, 0.25) is 0 Å². The van der Waals surface area contributed by atoms with Crippen molar-refractivity contribution < 1.29 is 9.53 Å². The second-order valence-electron chi connectivity index (χ2n) is 7.00. The lowest BCUT2D eigenvalue weighted by molar-refractivity contribution is -0.0746. The number of likely N-dealkylation sites (N-methyl/N-ethyl adjacent to an activating group) is 1. The van der Waals surface area contributed by atoms with Crippen molar-refractivity contribution in [3.8, 4) is 0 Å². The van der Waals surface area contributed by atoms with Crippen molar-refractivity contribution in [2.45, 2.75) is 38.1 Å². The molecular weight excluding hydrogens is 266 g/mol. The maximum atomic E-state index is 12.4. The highest BCUT2D eigenvalue weighted by Crippen LogP contribution is 2.38. The van der Waals surface area contributed by atoms with E-state index < -0.39 is 0 Å². The number of rotatable bonds is 3. The van der Waals surface area contributed by atoms with E-state index >= 15 is 0 Å². The maximum Gasteiger partial charge on any atom is 0.320 e. The minimum absolute atomic E-state index is 0.218. The number of likely N-dealkylation sites (tertiary alicyclic amines) is 3. The van der Waals surface area contributed by atoms with Gasteiger partial charge in [0.1, 0.15) is 0 Å². The molecule has 3 saturated heterocycles. The lowest BCUT2D eigenvalue weighted by Gasteiger charge is -2.58. The SMILES string of the molecule is CCOC[C@H]1CCN(C)C2(C1)CN(C(=O)N1CCCC1)C2. The lowest BCUT2D eigenvalue weighted by atomic mass is 9.75. The highest BCUT2D eigenvalue weighted by atomic mass is 16.5. The number of carbonyl (C=O) groups is 1. The van der Waals surface area contributed by atoms with Gasteiger partial charge in [0.05, 0.1) is 5.54 Å². The van der Waals surface area contributed by atoms with Crippen LogP contribution in [0.25, 0.3) is 0 Å². The van der Waals surface area contributed by atoms with Crippen LogP contribution >= 0.6 is 0 Å². The smallest absolute Gasteiger partial charge is 0.320 e. The van der Waals surface area contributed by atoms with E-state index in [0.717, 1.165) is 45.9 Å². The van der Waals surface area contributed by atoms with E-state index in [1.807, 2.05) is 9.80 Å². The van der Waals surface area contributed by atoms with E-state index in [4.69, 9.17) is 4.74 Å². The number of carbonyl (C=O) groups excluding carboxylic acids is 1. The summed E-state index contributed by atoms with van der Waals surface area (Å²) in [5, 5.41) is 0. The summed E-state index contributed by atoms with van der Waals surface area (Å²) in [5.41, 5.74) is 0.218. The van der Waals surface area contributed by atoms with Crippen molar-refractivity contribution in [2.24, 2.45) is 5.92 Å². The molecule has 0 N–H and O–H groups in total. The van der Waals surface area contributed by atoms with Gasteiger partial charge in [-0.15, -0.1) is 0 Å². The van der Waals surface area contributed by atoms with Crippen LogP contribution in [0, 0.1) is 5.92 Å². The number of urea groups is 1. The normalized spacial score (nSPS) is 29.0. The van der Waals surface area contributed by atoms with Crippen molar-refractivity contribution >= 4 is 6.03 Å². The average molecular weight is 295 g/mol. The van der Waals surface area contributed by atoms with Gasteiger partial charge in [-0.25, -0.2) is 4.79 Å². The Morgan fingerprint density at radius 2 is 1.90 bits per heavy atom. The molecule has 0 unspecified atom stereocenters. The minimum Gasteiger partial charge on any atom is -0.381 e. The Morgan fingerprint density at radius 3 is 2.57 bits per heavy atom. The number of ether oxygens (including phenoxy) is 1. The Morgan fingerprint density at radius 1 is 1.19 bits per heavy atom. The summed E-state index contributed by atoms with van der Waals surface area (Å²) < 4.78 is 5.62. The summed E-state index contributed by atoms with van der Waals surface area (Å²) in [6.07, 6.45) is 4.73. The van der Waals surface area contributed by atoms with Crippen molar-refractivity contribution in [2.75, 3.05) is 53.0 Å². The lowest BCUT2D eigenvalue weighted by Crippen LogP contribution is -2.73. The predicted molar refractivity (Wildman–Crippen MR) is 82.4 cm³/mol. The van der Waals surface area contributed by atoms with Crippen LogP contribution in [0.1, 0.15) is 32.6 Å². The predicted octanol–water partition coefficient (Wildman–Crippen LogP) is 1.63. The molecule has 3 heterocycles. The molecule has 0 aromatic carbocycles. The van der Waals surface area contributed by atoms with E-state index in [0.29, 0.717) is 5.92 Å². The fourth-order valence-corrected chi connectivity index (χ4v) is 4.11. The summed E-state index contributed by atoms with van der Waals surface area (Å²) in [5.74, 6) is 0.658. The Labute approximate surface area is 128 Å². The van der Waals surface area contributed by atoms with Crippen LogP contribution in [-0.2, 0) is 4.74 Å². The van der Waals surface area contributed by atoms with Gasteiger partial charge in [-0.05, 0) is 52.1 Å². The number of amides is 2. The van der Waals surface area contributed by atoms with Crippen LogP contribution in [0.3, 0.4) is 0 Å². The van der Waals surface area contributed by atoms with E-state index in [9.17, 15) is 4.79 Å². The third-order valence-electron chi connectivity index (χ3n) is 5.53. The molecule has 0 bridgehead atoms. The molecule has 3 aliphatic heterocycles. The summed E-state index contributed by atoms with van der Waals surface area (Å²) in [6.45, 7) is 8.58. The molecule has 21 heavy (non-hydrogen) atoms. The Balaban J connectivity index is 1.54. The van der Waals surface area contributed by atoms with Crippen molar-refractivity contribution in [1.29, 1.82) is 0 Å². The number of hydrogen-bond donors (Lipinski definition) is 0. The highest BCUT2D eigenvalue weighted by Gasteiger charge is 2.51. The van der Waals surface area contributed by atoms with Crippen LogP contribution < -0.4 is 0 Å². The largest absolute Gasteiger partial charge is 0.381 e. The third kappa shape index (κ3) is 2.90. The molecule has 0 radical (unpaired) electrons. The molecule has 2 amide bonds. The van der Waals surface area contributed by atoms with E-state index in [2.05, 4.69) is 18.9 Å². The van der Waals surface area contributed by atoms with Crippen molar-refractivity contribution in [3.63, 3.8) is 0 Å². The monoisotopic (exact) mass is 295 g/mol. The first-order chi connectivity index (χ1) is 10.1. The zero-order valence-electron chi connectivity index (χ0n) is 13.5. The van der Waals surface area contributed by atoms with Crippen LogP contribution in [0.5, 0.6) is 0 Å². The standard InChI is InChI=1S/C16H29N3O2/c1-3-21-11-14-6-9-17(2)16(10-14)12-19(13-16)15(20)18-7-4-5-8-18/h14H,3-13H2,1-2H3/t14-/m0/s1. The fourth-order valence-electron chi connectivity index (χ4n) is 4.11. The van der Waals surface area contributed by atoms with Gasteiger partial charge in [0.15, 0.2) is 0 Å². The molecule has 0 aliphatic carbocycles. The van der Waals surface area contributed by atoms with Gasteiger partial charge in [-0.1, -0.05) is 0 Å². The third-order valence-corrected chi connectivity index (χ3v) is 5.53. The van der Waals surface area contributed by atoms with Gasteiger partial charge in [-0.2, -0.15) is 0 Å². The first kappa shape index (κ1) is 15.1. The zero-order chi connectivity index (χ0) is 14.9. The molecule has 3 fully saturated rings. The molecule has 3 aliphatic rings. The van der Waals surface area contributed by atoms with Gasteiger partial charge in [0, 0.05) is 39.4 Å². The topological polar surface area (TPSA) is 36.0 Å². The Bertz CT molecular complexity index is 374. The fraction of sp³-hybridized carbons (Fsp3) is 0.938. The summed E-state index contributed by atoms with van der Waals surface area (Å²) in [7, 11) is 2.22. The van der Waals surface area contributed by atoms with Crippen molar-refractivity contribution in [1.82, 2.24) is 14.7 Å². The van der Waals surface area contributed by atoms with Gasteiger partial charge >= 0.3 is 6.03 Å². The highest BCUT2D eigenvalue weighted by molar-refractivity contribution is 5.76. The Hall–Kier alpha value is -0.810. The zero-order valence-corrected chi connectivity index (χ0v) is 13.5. The quantitative estimate of drug-likeness (QED) is 0.794. The summed E-state index contributed by atoms with van der Waals surface area (Å²) in [4.78, 5) is 19.0. The molecule has 0 aromatic heterocycles. The van der Waals surface area contributed by atoms with Gasteiger partial charge in [0.25, 0.3) is 0 Å². The minimum atomic E-state index is 0.218. The summed E-state index contributed by atoms with van der Waals surface area (Å²) in [6, 6.07) is 0.262. The van der Waals surface area contributed by atoms with Crippen LogP contribution in [0.4, 0.5) is 4.79 Å². The van der Waals surface area contributed by atoms with Crippen LogP contribution in [0.2, 0.25) is 0 Å². The van der Waals surface area contributed by atoms with Gasteiger partial charge in [-0.3, -0.25) is 4.90 Å². The van der Waals surface area contributed by atoms with E-state index in [-0.39, 0.29) is 11.6 Å². The van der Waals surface area contributed by atoms with Gasteiger partial charge < -0.3 is 14.5 Å². The maximum absolute atomic E-state index is 12.4. The molecule has 1 spiro atoms. The molecule has 120 valence electrons. The molecule has 3 rings (SSSR count).